The van der Waals surface area contributed by atoms with Gasteiger partial charge in [-0.25, -0.2) is 4.79 Å². The van der Waals surface area contributed by atoms with Crippen molar-refractivity contribution in [3.63, 3.8) is 0 Å². The molecule has 1 atom stereocenters. The quantitative estimate of drug-likeness (QED) is 0.744. The van der Waals surface area contributed by atoms with Gasteiger partial charge in [0.25, 0.3) is 0 Å². The smallest absolute Gasteiger partial charge is 0.321 e. The average Bonchev–Trinajstić information content (AvgIpc) is 2.82. The molecule has 1 unspecified atom stereocenters. The number of aryl methyl sites for hydroxylation is 2. The molecule has 3 amide bonds. The predicted molar refractivity (Wildman–Crippen MR) is 134 cm³/mol. The van der Waals surface area contributed by atoms with Crippen molar-refractivity contribution in [1.29, 1.82) is 0 Å². The van der Waals surface area contributed by atoms with Crippen LogP contribution in [0.4, 0.5) is 16.2 Å². The summed E-state index contributed by atoms with van der Waals surface area (Å²) in [5.41, 5.74) is 5.89. The lowest BCUT2D eigenvalue weighted by Gasteiger charge is -2.38. The van der Waals surface area contributed by atoms with Crippen molar-refractivity contribution in [3.05, 3.63) is 59.2 Å². The Kier molecular flexibility index (Phi) is 7.21. The number of carbonyl (C=O) groups is 2. The van der Waals surface area contributed by atoms with Gasteiger partial charge < -0.3 is 20.0 Å². The van der Waals surface area contributed by atoms with Gasteiger partial charge in [-0.1, -0.05) is 29.8 Å². The van der Waals surface area contributed by atoms with Crippen molar-refractivity contribution < 1.29 is 9.59 Å². The van der Waals surface area contributed by atoms with E-state index in [1.807, 2.05) is 41.0 Å². The second-order valence-electron chi connectivity index (χ2n) is 9.54. The predicted octanol–water partition coefficient (Wildman–Crippen LogP) is 4.59. The first kappa shape index (κ1) is 23.1. The minimum atomic E-state index is -0.0712. The molecule has 6 nitrogen and oxygen atoms in total. The first-order chi connectivity index (χ1) is 15.9. The third-order valence-electron chi connectivity index (χ3n) is 7.12. The third-order valence-corrected chi connectivity index (χ3v) is 7.12. The molecule has 2 fully saturated rings. The lowest BCUT2D eigenvalue weighted by Crippen LogP contribution is -2.50. The minimum absolute atomic E-state index is 0.0712. The molecular weight excluding hydrogens is 412 g/mol. The van der Waals surface area contributed by atoms with Gasteiger partial charge in [-0.05, 0) is 68.9 Å². The van der Waals surface area contributed by atoms with Gasteiger partial charge in [-0.2, -0.15) is 0 Å². The standard InChI is InChI=1S/C27H36N4O2/c1-20-9-11-24(12-10-20)28-27(33)31-13-5-7-23(19-31)18-26(32)30-16-14-29(15-17-30)25-8-4-6-21(2)22(25)3/h4,6,8-12,23H,5,7,13-19H2,1-3H3,(H,28,33). The lowest BCUT2D eigenvalue weighted by molar-refractivity contribution is -0.132. The highest BCUT2D eigenvalue weighted by Crippen LogP contribution is 2.25. The van der Waals surface area contributed by atoms with E-state index in [1.54, 1.807) is 0 Å². The topological polar surface area (TPSA) is 55.9 Å². The Balaban J connectivity index is 1.26. The summed E-state index contributed by atoms with van der Waals surface area (Å²) in [4.78, 5) is 32.0. The molecule has 0 bridgehead atoms. The molecular formula is C27H36N4O2. The normalized spacial score (nSPS) is 18.9. The molecule has 2 heterocycles. The molecule has 4 rings (SSSR count). The summed E-state index contributed by atoms with van der Waals surface area (Å²) in [5, 5.41) is 2.99. The Morgan fingerprint density at radius 3 is 2.36 bits per heavy atom. The van der Waals surface area contributed by atoms with Gasteiger partial charge in [0.1, 0.15) is 0 Å². The summed E-state index contributed by atoms with van der Waals surface area (Å²) >= 11 is 0. The lowest BCUT2D eigenvalue weighted by atomic mass is 9.94. The summed E-state index contributed by atoms with van der Waals surface area (Å²) in [7, 11) is 0. The van der Waals surface area contributed by atoms with Gasteiger partial charge in [0.05, 0.1) is 0 Å². The Bertz CT molecular complexity index is 980. The van der Waals surface area contributed by atoms with Crippen LogP contribution in [0.3, 0.4) is 0 Å². The van der Waals surface area contributed by atoms with E-state index >= 15 is 0 Å². The Morgan fingerprint density at radius 2 is 1.64 bits per heavy atom. The van der Waals surface area contributed by atoms with Crippen LogP contribution in [0.1, 0.15) is 36.0 Å². The number of nitrogens with one attached hydrogen (secondary N) is 1. The Labute approximate surface area is 197 Å². The minimum Gasteiger partial charge on any atom is -0.368 e. The number of piperazine rings is 1. The highest BCUT2D eigenvalue weighted by molar-refractivity contribution is 5.89. The monoisotopic (exact) mass is 448 g/mol. The maximum Gasteiger partial charge on any atom is 0.321 e. The van der Waals surface area contributed by atoms with Crippen LogP contribution in [0, 0.1) is 26.7 Å². The van der Waals surface area contributed by atoms with Crippen molar-refractivity contribution >= 4 is 23.3 Å². The molecule has 2 aromatic carbocycles. The van der Waals surface area contributed by atoms with Gasteiger partial charge in [-0.3, -0.25) is 4.79 Å². The van der Waals surface area contributed by atoms with Gasteiger partial charge in [0.15, 0.2) is 0 Å². The number of amides is 3. The van der Waals surface area contributed by atoms with Gasteiger partial charge in [-0.15, -0.1) is 0 Å². The number of rotatable bonds is 4. The number of likely N-dealkylation sites (tertiary alicyclic amines) is 1. The molecule has 2 aliphatic rings. The Morgan fingerprint density at radius 1 is 0.909 bits per heavy atom. The van der Waals surface area contributed by atoms with E-state index in [4.69, 9.17) is 0 Å². The van der Waals surface area contributed by atoms with Gasteiger partial charge in [0, 0.05) is 57.1 Å². The molecule has 2 aromatic rings. The molecule has 0 radical (unpaired) electrons. The summed E-state index contributed by atoms with van der Waals surface area (Å²) in [6, 6.07) is 14.2. The second-order valence-corrected chi connectivity index (χ2v) is 9.54. The van der Waals surface area contributed by atoms with Crippen molar-refractivity contribution in [2.24, 2.45) is 5.92 Å². The van der Waals surface area contributed by atoms with Crippen LogP contribution in [0.25, 0.3) is 0 Å². The molecule has 0 spiro atoms. The van der Waals surface area contributed by atoms with Crippen LogP contribution in [-0.2, 0) is 4.79 Å². The summed E-state index contributed by atoms with van der Waals surface area (Å²) in [6.45, 7) is 11.0. The average molecular weight is 449 g/mol. The number of hydrogen-bond donors (Lipinski definition) is 1. The number of benzene rings is 2. The number of anilines is 2. The number of piperidine rings is 1. The van der Waals surface area contributed by atoms with E-state index in [2.05, 4.69) is 42.3 Å². The van der Waals surface area contributed by atoms with E-state index in [1.165, 1.54) is 22.4 Å². The molecule has 6 heteroatoms. The zero-order chi connectivity index (χ0) is 23.4. The SMILES string of the molecule is Cc1ccc(NC(=O)N2CCCC(CC(=O)N3CCN(c4cccc(C)c4C)CC3)C2)cc1. The fourth-order valence-electron chi connectivity index (χ4n) is 4.91. The largest absolute Gasteiger partial charge is 0.368 e. The molecule has 1 N–H and O–H groups in total. The van der Waals surface area contributed by atoms with E-state index in [0.29, 0.717) is 13.0 Å². The van der Waals surface area contributed by atoms with E-state index in [9.17, 15) is 9.59 Å². The summed E-state index contributed by atoms with van der Waals surface area (Å²) in [5.74, 6) is 0.452. The van der Waals surface area contributed by atoms with Crippen molar-refractivity contribution in [3.8, 4) is 0 Å². The molecule has 2 saturated heterocycles. The number of nitrogens with zero attached hydrogens (tertiary/aromatic N) is 3. The fraction of sp³-hybridized carbons (Fsp3) is 0.481. The molecule has 176 valence electrons. The number of hydrogen-bond acceptors (Lipinski definition) is 3. The van der Waals surface area contributed by atoms with Crippen molar-refractivity contribution in [2.45, 2.75) is 40.0 Å². The van der Waals surface area contributed by atoms with E-state index < -0.39 is 0 Å². The maximum absolute atomic E-state index is 13.0. The van der Waals surface area contributed by atoms with Crippen LogP contribution in [0.5, 0.6) is 0 Å². The zero-order valence-electron chi connectivity index (χ0n) is 20.1. The maximum atomic E-state index is 13.0. The van der Waals surface area contributed by atoms with E-state index in [-0.39, 0.29) is 17.9 Å². The highest BCUT2D eigenvalue weighted by atomic mass is 16.2. The van der Waals surface area contributed by atoms with Gasteiger partial charge >= 0.3 is 6.03 Å². The van der Waals surface area contributed by atoms with Crippen LogP contribution in [0.2, 0.25) is 0 Å². The first-order valence-corrected chi connectivity index (χ1v) is 12.1. The van der Waals surface area contributed by atoms with E-state index in [0.717, 1.165) is 51.3 Å². The molecule has 0 aliphatic carbocycles. The molecule has 2 aliphatic heterocycles. The van der Waals surface area contributed by atoms with Gasteiger partial charge in [0.2, 0.25) is 5.91 Å². The van der Waals surface area contributed by atoms with Crippen LogP contribution in [0.15, 0.2) is 42.5 Å². The zero-order valence-corrected chi connectivity index (χ0v) is 20.1. The van der Waals surface area contributed by atoms with Crippen LogP contribution in [-0.4, -0.2) is 61.0 Å². The van der Waals surface area contributed by atoms with Crippen molar-refractivity contribution in [1.82, 2.24) is 9.80 Å². The first-order valence-electron chi connectivity index (χ1n) is 12.1. The second kappa shape index (κ2) is 10.3. The summed E-state index contributed by atoms with van der Waals surface area (Å²) < 4.78 is 0. The molecule has 0 aromatic heterocycles. The third kappa shape index (κ3) is 5.67. The summed E-state index contributed by atoms with van der Waals surface area (Å²) in [6.07, 6.45) is 2.47. The molecule has 0 saturated carbocycles. The Hall–Kier alpha value is -3.02. The van der Waals surface area contributed by atoms with Crippen LogP contribution >= 0.6 is 0 Å². The fourth-order valence-corrected chi connectivity index (χ4v) is 4.91. The molecule has 33 heavy (non-hydrogen) atoms. The van der Waals surface area contributed by atoms with Crippen molar-refractivity contribution in [2.75, 3.05) is 49.5 Å². The number of urea groups is 1. The number of carbonyl (C=O) groups excluding carboxylic acids is 2. The highest BCUT2D eigenvalue weighted by Gasteiger charge is 2.28. The van der Waals surface area contributed by atoms with Crippen LogP contribution < -0.4 is 10.2 Å².